The van der Waals surface area contributed by atoms with Gasteiger partial charge in [-0.2, -0.15) is 0 Å². The van der Waals surface area contributed by atoms with Gasteiger partial charge in [0.15, 0.2) is 11.6 Å². The third-order valence-electron chi connectivity index (χ3n) is 11.9. The van der Waals surface area contributed by atoms with E-state index in [1.54, 1.807) is 13.8 Å². The van der Waals surface area contributed by atoms with E-state index in [1.165, 1.54) is 6.08 Å². The summed E-state index contributed by atoms with van der Waals surface area (Å²) in [6.45, 7) is 7.21. The minimum absolute atomic E-state index is 0.0455. The summed E-state index contributed by atoms with van der Waals surface area (Å²) in [7, 11) is 0. The molecule has 4 fully saturated rings. The molecular formula is C29H44O9. The number of hydrogen-bond donors (Lipinski definition) is 6. The molecule has 0 aromatic heterocycles. The maximum atomic E-state index is 13.4. The van der Waals surface area contributed by atoms with Gasteiger partial charge in [0.2, 0.25) is 0 Å². The number of cyclic esters (lactones) is 1. The van der Waals surface area contributed by atoms with E-state index < -0.39 is 57.8 Å². The first kappa shape index (κ1) is 28.2. The van der Waals surface area contributed by atoms with Gasteiger partial charge < -0.3 is 35.4 Å². The van der Waals surface area contributed by atoms with Gasteiger partial charge in [-0.3, -0.25) is 9.59 Å². The Labute approximate surface area is 223 Å². The van der Waals surface area contributed by atoms with Gasteiger partial charge in [-0.1, -0.05) is 20.8 Å². The molecule has 0 bridgehead atoms. The highest BCUT2D eigenvalue weighted by molar-refractivity contribution is 5.95. The van der Waals surface area contributed by atoms with E-state index in [9.17, 15) is 40.2 Å². The summed E-state index contributed by atoms with van der Waals surface area (Å²) in [6.07, 6.45) is 1.88. The first-order chi connectivity index (χ1) is 17.5. The zero-order valence-electron chi connectivity index (χ0n) is 22.9. The third-order valence-corrected chi connectivity index (χ3v) is 11.9. The summed E-state index contributed by atoms with van der Waals surface area (Å²) < 4.78 is 5.75. The van der Waals surface area contributed by atoms with Gasteiger partial charge in [-0.05, 0) is 86.7 Å². The lowest BCUT2D eigenvalue weighted by molar-refractivity contribution is -0.276. The zero-order chi connectivity index (χ0) is 28.1. The summed E-state index contributed by atoms with van der Waals surface area (Å²) in [5, 5.41) is 65.3. The molecule has 3 saturated carbocycles. The standard InChI is InChI=1S/C29H44O9/c1-15-16(7-10-30)11-23(38-24(15)33)27(4,34)21-6-9-28(35)18-12-20(31)19-13-22(32)29(36,37)14-25(19,2)17(18)5-8-26(21,28)3/h12,15-17,19,21-23,30,32,34-37H,5-11,13-14H2,1-4H3/t15?,16?,17-,19-,21-,22+,23+,25+,26+,27+,28+/m0/s1. The second kappa shape index (κ2) is 8.82. The molecule has 1 aliphatic heterocycles. The monoisotopic (exact) mass is 536 g/mol. The Hall–Kier alpha value is -1.36. The van der Waals surface area contributed by atoms with E-state index in [0.717, 1.165) is 0 Å². The number of esters is 1. The van der Waals surface area contributed by atoms with E-state index in [-0.39, 0.29) is 43.0 Å². The Kier molecular flexibility index (Phi) is 6.54. The predicted octanol–water partition coefficient (Wildman–Crippen LogP) is 1.21. The van der Waals surface area contributed by atoms with Gasteiger partial charge in [0.1, 0.15) is 17.8 Å². The third kappa shape index (κ3) is 3.72. The van der Waals surface area contributed by atoms with Gasteiger partial charge in [0.05, 0.1) is 11.5 Å². The lowest BCUT2D eigenvalue weighted by Crippen LogP contribution is -2.65. The Bertz CT molecular complexity index is 1040. The van der Waals surface area contributed by atoms with Crippen LogP contribution in [0.15, 0.2) is 11.6 Å². The first-order valence-electron chi connectivity index (χ1n) is 14.2. The summed E-state index contributed by atoms with van der Waals surface area (Å²) in [5.74, 6) is -4.68. The van der Waals surface area contributed by atoms with Crippen LogP contribution in [0.25, 0.3) is 0 Å². The van der Waals surface area contributed by atoms with Gasteiger partial charge in [0.25, 0.3) is 0 Å². The fourth-order valence-corrected chi connectivity index (χ4v) is 9.46. The molecule has 214 valence electrons. The van der Waals surface area contributed by atoms with Crippen LogP contribution in [-0.2, 0) is 14.3 Å². The Balaban J connectivity index is 1.48. The van der Waals surface area contributed by atoms with Gasteiger partial charge >= 0.3 is 5.97 Å². The average Bonchev–Trinajstić information content (AvgIpc) is 3.10. The van der Waals surface area contributed by atoms with Crippen molar-refractivity contribution in [3.8, 4) is 0 Å². The molecular weight excluding hydrogens is 492 g/mol. The van der Waals surface area contributed by atoms with E-state index in [4.69, 9.17) is 4.74 Å². The quantitative estimate of drug-likeness (QED) is 0.229. The number of ether oxygens (including phenoxy) is 1. The molecule has 0 radical (unpaired) electrons. The van der Waals surface area contributed by atoms with E-state index in [1.807, 2.05) is 13.8 Å². The van der Waals surface area contributed by atoms with Gasteiger partial charge in [-0.25, -0.2) is 0 Å². The fraction of sp³-hybridized carbons (Fsp3) is 0.862. The summed E-state index contributed by atoms with van der Waals surface area (Å²) in [5.41, 5.74) is -3.90. The molecule has 9 heteroatoms. The van der Waals surface area contributed by atoms with Crippen LogP contribution in [0, 0.1) is 40.4 Å². The van der Waals surface area contributed by atoms with Crippen LogP contribution >= 0.6 is 0 Å². The van der Waals surface area contributed by atoms with Crippen molar-refractivity contribution in [2.24, 2.45) is 40.4 Å². The highest BCUT2D eigenvalue weighted by Crippen LogP contribution is 2.69. The van der Waals surface area contributed by atoms with Crippen LogP contribution in [0.1, 0.15) is 79.1 Å². The average molecular weight is 537 g/mol. The van der Waals surface area contributed by atoms with Crippen molar-refractivity contribution >= 4 is 11.8 Å². The molecule has 6 N–H and O–H groups in total. The molecule has 0 aromatic rings. The molecule has 1 saturated heterocycles. The first-order valence-corrected chi connectivity index (χ1v) is 14.2. The number of fused-ring (bicyclic) bond motifs is 5. The molecule has 0 aromatic carbocycles. The minimum atomic E-state index is -2.31. The minimum Gasteiger partial charge on any atom is -0.459 e. The number of allylic oxidation sites excluding steroid dienone is 1. The van der Waals surface area contributed by atoms with Crippen LogP contribution in [0.4, 0.5) is 0 Å². The Morgan fingerprint density at radius 1 is 1.08 bits per heavy atom. The fourth-order valence-electron chi connectivity index (χ4n) is 9.46. The summed E-state index contributed by atoms with van der Waals surface area (Å²) in [6, 6.07) is 0. The van der Waals surface area contributed by atoms with Crippen LogP contribution < -0.4 is 0 Å². The molecule has 2 unspecified atom stereocenters. The molecule has 5 rings (SSSR count). The van der Waals surface area contributed by atoms with Crippen molar-refractivity contribution in [3.05, 3.63) is 11.6 Å². The zero-order valence-corrected chi connectivity index (χ0v) is 22.9. The smallest absolute Gasteiger partial charge is 0.309 e. The number of ketones is 1. The molecule has 0 amide bonds. The second-order valence-corrected chi connectivity index (χ2v) is 13.8. The van der Waals surface area contributed by atoms with E-state index in [2.05, 4.69) is 0 Å². The van der Waals surface area contributed by atoms with Crippen LogP contribution in [0.5, 0.6) is 0 Å². The lowest BCUT2D eigenvalue weighted by atomic mass is 9.45. The largest absolute Gasteiger partial charge is 0.459 e. The van der Waals surface area contributed by atoms with Crippen LogP contribution in [-0.4, -0.2) is 78.2 Å². The number of carbonyl (C=O) groups excluding carboxylic acids is 2. The molecule has 9 nitrogen and oxygen atoms in total. The molecule has 1 heterocycles. The lowest BCUT2D eigenvalue weighted by Gasteiger charge is -2.61. The maximum absolute atomic E-state index is 13.4. The van der Waals surface area contributed by atoms with Crippen molar-refractivity contribution in [1.29, 1.82) is 0 Å². The van der Waals surface area contributed by atoms with Crippen LogP contribution in [0.3, 0.4) is 0 Å². The molecule has 5 aliphatic rings. The number of aliphatic hydroxyl groups excluding tert-OH is 2. The normalized spacial score (nSPS) is 49.7. The van der Waals surface area contributed by atoms with Crippen molar-refractivity contribution in [1.82, 2.24) is 0 Å². The van der Waals surface area contributed by atoms with Crippen molar-refractivity contribution in [3.63, 3.8) is 0 Å². The maximum Gasteiger partial charge on any atom is 0.309 e. The Morgan fingerprint density at radius 3 is 2.42 bits per heavy atom. The number of rotatable bonds is 4. The molecule has 4 aliphatic carbocycles. The number of hydrogen-bond acceptors (Lipinski definition) is 9. The highest BCUT2D eigenvalue weighted by atomic mass is 16.6. The highest BCUT2D eigenvalue weighted by Gasteiger charge is 2.70. The molecule has 0 spiro atoms. The van der Waals surface area contributed by atoms with Crippen molar-refractivity contribution < 1.29 is 45.0 Å². The van der Waals surface area contributed by atoms with Crippen molar-refractivity contribution in [2.75, 3.05) is 6.61 Å². The second-order valence-electron chi connectivity index (χ2n) is 13.8. The van der Waals surface area contributed by atoms with E-state index in [0.29, 0.717) is 44.1 Å². The van der Waals surface area contributed by atoms with Gasteiger partial charge in [0, 0.05) is 24.4 Å². The summed E-state index contributed by atoms with van der Waals surface area (Å²) >= 11 is 0. The molecule has 38 heavy (non-hydrogen) atoms. The number of carbonyl (C=O) groups is 2. The number of aliphatic hydroxyl groups is 6. The predicted molar refractivity (Wildman–Crippen MR) is 135 cm³/mol. The topological polar surface area (TPSA) is 165 Å². The SMILES string of the molecule is CC1C(=O)O[C@@H]([C@](C)(O)[C@H]2CC[C@@]3(O)C4=CC(=O)[C@@H]5C[C@@H](O)C(O)(O)C[C@]5(C)[C@H]4CC[C@]23C)CC1CCO. The van der Waals surface area contributed by atoms with E-state index >= 15 is 0 Å². The summed E-state index contributed by atoms with van der Waals surface area (Å²) in [4.78, 5) is 26.1. The molecule has 11 atom stereocenters. The Morgan fingerprint density at radius 2 is 1.76 bits per heavy atom. The van der Waals surface area contributed by atoms with Crippen LogP contribution in [0.2, 0.25) is 0 Å². The van der Waals surface area contributed by atoms with Crippen molar-refractivity contribution in [2.45, 2.75) is 108 Å². The van der Waals surface area contributed by atoms with Gasteiger partial charge in [-0.15, -0.1) is 0 Å².